The van der Waals surface area contributed by atoms with Crippen molar-refractivity contribution in [3.05, 3.63) is 296 Å². The molecule has 1 aliphatic rings. The van der Waals surface area contributed by atoms with Crippen LogP contribution in [0.4, 0.5) is 0 Å². The number of hydrogen-bond acceptors (Lipinski definition) is 5. The van der Waals surface area contributed by atoms with E-state index in [0.717, 1.165) is 92.5 Å². The summed E-state index contributed by atoms with van der Waals surface area (Å²) in [5, 5.41) is 11.9. The van der Waals surface area contributed by atoms with Gasteiger partial charge in [0.25, 0.3) is 0 Å². The monoisotopic (exact) mass is 1590 g/mol. The quantitative estimate of drug-likeness (QED) is 0.165. The summed E-state index contributed by atoms with van der Waals surface area (Å²) < 4.78 is 125. The van der Waals surface area contributed by atoms with Crippen molar-refractivity contribution in [2.75, 3.05) is 0 Å². The Morgan fingerprint density at radius 3 is 1.24 bits per heavy atom. The van der Waals surface area contributed by atoms with Crippen LogP contribution in [0.5, 0.6) is 0 Å². The van der Waals surface area contributed by atoms with Crippen LogP contribution in [0.2, 0.25) is 0 Å². The minimum absolute atomic E-state index is 0. The normalized spacial score (nSPS) is 15.0. The molecule has 0 saturated heterocycles. The summed E-state index contributed by atoms with van der Waals surface area (Å²) >= 11 is 8.68. The van der Waals surface area contributed by atoms with Crippen molar-refractivity contribution in [2.45, 2.75) is 238 Å². The fourth-order valence-corrected chi connectivity index (χ4v) is 22.1. The van der Waals surface area contributed by atoms with Crippen LogP contribution < -0.4 is 0 Å². The van der Waals surface area contributed by atoms with E-state index >= 15 is 0 Å². The molecule has 5 aromatic heterocycles. The molecule has 17 aromatic rings. The highest BCUT2D eigenvalue weighted by molar-refractivity contribution is 7.27. The van der Waals surface area contributed by atoms with E-state index in [1.54, 1.807) is 84.4 Å². The van der Waals surface area contributed by atoms with Gasteiger partial charge >= 0.3 is 0 Å². The lowest BCUT2D eigenvalue weighted by molar-refractivity contribution is 0.584. The molecule has 0 nitrogen and oxygen atoms in total. The van der Waals surface area contributed by atoms with E-state index in [-0.39, 0.29) is 39.9 Å². The van der Waals surface area contributed by atoms with Crippen LogP contribution >= 0.6 is 56.7 Å². The third kappa shape index (κ3) is 17.2. The van der Waals surface area contributed by atoms with Crippen LogP contribution in [0.3, 0.4) is 0 Å². The zero-order valence-electron chi connectivity index (χ0n) is 83.5. The maximum absolute atomic E-state index is 8.32. The summed E-state index contributed by atoms with van der Waals surface area (Å²) in [5.41, 5.74) is 14.8. The van der Waals surface area contributed by atoms with Gasteiger partial charge in [0.2, 0.25) is 0 Å². The molecule has 0 radical (unpaired) electrons. The molecule has 0 N–H and O–H groups in total. The molecule has 5 heteroatoms. The smallest absolute Gasteiger partial charge is 0.0395 e. The van der Waals surface area contributed by atoms with Gasteiger partial charge in [0, 0.05) is 120 Å². The standard InChI is InChI=1S/4C18H20S.C18H20.C17H18S.CH4/c1-5-12-10-17-14(11-15(12)18(2,3)4)13-8-6-7-9-16(13)19-17;1-5-12-15(18(2,3)4)11-10-14-13-8-6-7-9-16(13)19-17(12)14;1-5-12-10-11-14-13-8-6-7-9-15(13)19-17(14)16(12)18(2,3)4;1-5-12-10-11-15-16(17(12)18(2,3)4)13-8-6-7-9-14(13)19-15;1-12-9-16-14(11-17(12)18(2,3)4)10-13-7-5-6-8-15(13)16;1-11-13(17(2,3)4)9-10-15-16(11)12-7-5-6-8-14(12)18-15;/h4*6-11H,5H2,1-4H3;5-9,11H,10H2,1-4H3;5-10H,1-4H3;1H4/i4*5D2;2*1D3;. The lowest BCUT2D eigenvalue weighted by Crippen LogP contribution is -2.14. The number of rotatable bonds is 4. The number of aryl methyl sites for hydroxylation is 6. The second-order valence-electron chi connectivity index (χ2n) is 35.7. The van der Waals surface area contributed by atoms with E-state index in [4.69, 9.17) is 19.2 Å². The van der Waals surface area contributed by atoms with Crippen LogP contribution in [0.1, 0.15) is 257 Å². The summed E-state index contributed by atoms with van der Waals surface area (Å²) in [6.07, 6.45) is -4.43. The summed E-state index contributed by atoms with van der Waals surface area (Å²) in [5.74, 6) is 0. The highest BCUT2D eigenvalue weighted by atomic mass is 32.1. The summed E-state index contributed by atoms with van der Waals surface area (Å²) in [6, 6.07) is 74.6. The third-order valence-corrected chi connectivity index (χ3v) is 27.2. The molecule has 0 aliphatic heterocycles. The fourth-order valence-electron chi connectivity index (χ4n) is 16.1. The van der Waals surface area contributed by atoms with E-state index in [9.17, 15) is 0 Å². The van der Waals surface area contributed by atoms with Gasteiger partial charge < -0.3 is 0 Å². The van der Waals surface area contributed by atoms with E-state index in [1.165, 1.54) is 92.7 Å². The summed E-state index contributed by atoms with van der Waals surface area (Å²) in [6.45, 7) is 40.8. The van der Waals surface area contributed by atoms with Gasteiger partial charge in [0.15, 0.2) is 0 Å². The second-order valence-corrected chi connectivity index (χ2v) is 41.1. The molecule has 12 aromatic carbocycles. The molecule has 0 bridgehead atoms. The SMILES string of the molecule is C.[2H]C([2H])(C)c1c(C(C)(C)C)ccc2c1sc1ccccc12.[2H]C([2H])(C)c1cc2sc3ccccc3c2cc1C(C)(C)C.[2H]C([2H])(C)c1ccc2c(sc3ccccc32)c1C(C)(C)C.[2H]C([2H])(C)c1ccc2sc3ccccc3c2c1C(C)(C)C.[2H]C([2H])([2H])c1c(C(C)(C)C)ccc2sc3ccccc3c12.[2H]C([2H])([2H])c1cc2c(cc1C(C)(C)C)Cc1ccccc1-2. The Balaban J connectivity index is 0.000000138. The fraction of sp³-hybridized carbons (Fsp3) is 0.333. The van der Waals surface area contributed by atoms with E-state index in [2.05, 4.69) is 276 Å². The van der Waals surface area contributed by atoms with Crippen molar-refractivity contribution in [1.29, 1.82) is 0 Å². The molecule has 0 fully saturated rings. The van der Waals surface area contributed by atoms with Gasteiger partial charge in [-0.05, 0) is 222 Å². The van der Waals surface area contributed by atoms with Gasteiger partial charge in [-0.15, -0.1) is 56.7 Å². The topological polar surface area (TPSA) is 0 Å². The van der Waals surface area contributed by atoms with Crippen molar-refractivity contribution >= 4 is 158 Å². The van der Waals surface area contributed by atoms with Gasteiger partial charge in [0.05, 0.1) is 0 Å². The molecular formula is C108H122S5. The van der Waals surface area contributed by atoms with Crippen molar-refractivity contribution in [1.82, 2.24) is 0 Å². The van der Waals surface area contributed by atoms with Crippen LogP contribution in [0.15, 0.2) is 218 Å². The summed E-state index contributed by atoms with van der Waals surface area (Å²) in [7, 11) is 0. The lowest BCUT2D eigenvalue weighted by Gasteiger charge is -2.24. The minimum atomic E-state index is -2.11. The van der Waals surface area contributed by atoms with Gasteiger partial charge in [-0.2, -0.15) is 0 Å². The van der Waals surface area contributed by atoms with Gasteiger partial charge in [-0.1, -0.05) is 324 Å². The predicted molar refractivity (Wildman–Crippen MR) is 517 cm³/mol. The molecule has 1 aliphatic carbocycles. The number of fused-ring (bicyclic) bond motifs is 18. The number of benzene rings is 12. The first-order valence-corrected chi connectivity index (χ1v) is 43.2. The second kappa shape index (κ2) is 33.2. The van der Waals surface area contributed by atoms with E-state index in [1.807, 2.05) is 66.7 Å². The zero-order chi connectivity index (χ0) is 92.5. The third-order valence-electron chi connectivity index (χ3n) is 21.4. The Hall–Kier alpha value is -8.26. The Kier molecular flexibility index (Phi) is 19.6. The highest BCUT2D eigenvalue weighted by Crippen LogP contribution is 2.48. The molecule has 0 saturated carbocycles. The molecule has 5 heterocycles. The van der Waals surface area contributed by atoms with Crippen molar-refractivity contribution in [2.24, 2.45) is 0 Å². The van der Waals surface area contributed by atoms with Gasteiger partial charge in [0.1, 0.15) is 0 Å². The largest absolute Gasteiger partial charge is 0.135 e. The molecular weight excluding hydrogens is 1460 g/mol. The van der Waals surface area contributed by atoms with Gasteiger partial charge in [-0.3, -0.25) is 0 Å². The first kappa shape index (κ1) is 67.0. The van der Waals surface area contributed by atoms with Gasteiger partial charge in [-0.25, -0.2) is 0 Å². The Morgan fingerprint density at radius 2 is 0.717 bits per heavy atom. The maximum Gasteiger partial charge on any atom is 0.0395 e. The number of thiophene rings is 5. The Morgan fingerprint density at radius 1 is 0.292 bits per heavy atom. The highest BCUT2D eigenvalue weighted by Gasteiger charge is 2.28. The lowest BCUT2D eigenvalue weighted by atomic mass is 9.80. The molecule has 0 unspecified atom stereocenters. The van der Waals surface area contributed by atoms with Crippen molar-refractivity contribution < 1.29 is 19.2 Å². The average Bonchev–Trinajstić information content (AvgIpc) is 1.63. The molecule has 113 heavy (non-hydrogen) atoms. The minimum Gasteiger partial charge on any atom is -0.135 e. The van der Waals surface area contributed by atoms with E-state index < -0.39 is 39.2 Å². The predicted octanol–water partition coefficient (Wildman–Crippen LogP) is 34.8. The van der Waals surface area contributed by atoms with Crippen LogP contribution in [-0.2, 0) is 64.4 Å². The first-order chi connectivity index (χ1) is 58.1. The zero-order valence-corrected chi connectivity index (χ0v) is 73.6. The molecule has 0 amide bonds. The van der Waals surface area contributed by atoms with Crippen LogP contribution in [0, 0.1) is 13.7 Å². The van der Waals surface area contributed by atoms with Crippen LogP contribution in [-0.4, -0.2) is 0 Å². The number of hydrogen-bond donors (Lipinski definition) is 0. The first-order valence-electron chi connectivity index (χ1n) is 46.2. The molecule has 0 spiro atoms. The van der Waals surface area contributed by atoms with E-state index in [0.29, 0.717) is 11.1 Å². The molecule has 584 valence electrons. The van der Waals surface area contributed by atoms with Crippen molar-refractivity contribution in [3.63, 3.8) is 0 Å². The maximum atomic E-state index is 8.32. The van der Waals surface area contributed by atoms with Crippen LogP contribution in [0.25, 0.3) is 112 Å². The average molecular weight is 1590 g/mol. The van der Waals surface area contributed by atoms with Crippen molar-refractivity contribution in [3.8, 4) is 11.1 Å². The Labute approximate surface area is 717 Å². The molecule has 18 rings (SSSR count). The summed E-state index contributed by atoms with van der Waals surface area (Å²) in [4.78, 5) is 0. The molecule has 0 atom stereocenters. The Bertz CT molecular complexity index is 6600.